The number of aliphatic hydroxyl groups excluding tert-OH is 1. The Labute approximate surface area is 128 Å². The smallest absolute Gasteiger partial charge is 0.112 e. The lowest BCUT2D eigenvalue weighted by Gasteiger charge is -2.11. The Morgan fingerprint density at radius 2 is 1.86 bits per heavy atom. The standard InChI is InChI=1S/C18H28N2O/c1-3-5-6-7-8-11-15(21)14-18-19-16-12-9-10-13-17(16)20(18)4-2/h9-10,12-13,15,21H,3-8,11,14H2,1-2H3. The van der Waals surface area contributed by atoms with Crippen molar-refractivity contribution >= 4 is 11.0 Å². The topological polar surface area (TPSA) is 38.1 Å². The number of imidazole rings is 1. The molecule has 1 atom stereocenters. The van der Waals surface area contributed by atoms with Crippen LogP contribution < -0.4 is 0 Å². The fraction of sp³-hybridized carbons (Fsp3) is 0.611. The Balaban J connectivity index is 1.92. The molecule has 0 aliphatic heterocycles. The van der Waals surface area contributed by atoms with Gasteiger partial charge in [-0.15, -0.1) is 0 Å². The number of unbranched alkanes of at least 4 members (excludes halogenated alkanes) is 4. The van der Waals surface area contributed by atoms with Gasteiger partial charge in [0, 0.05) is 13.0 Å². The van der Waals surface area contributed by atoms with Crippen molar-refractivity contribution < 1.29 is 5.11 Å². The molecule has 0 aliphatic carbocycles. The highest BCUT2D eigenvalue weighted by molar-refractivity contribution is 5.75. The van der Waals surface area contributed by atoms with Gasteiger partial charge < -0.3 is 9.67 Å². The molecule has 0 saturated heterocycles. The van der Waals surface area contributed by atoms with Crippen LogP contribution in [0.25, 0.3) is 11.0 Å². The van der Waals surface area contributed by atoms with Crippen molar-refractivity contribution in [1.82, 2.24) is 9.55 Å². The zero-order chi connectivity index (χ0) is 15.1. The quantitative estimate of drug-likeness (QED) is 0.698. The molecule has 0 spiro atoms. The highest BCUT2D eigenvalue weighted by Crippen LogP contribution is 2.18. The minimum Gasteiger partial charge on any atom is -0.393 e. The van der Waals surface area contributed by atoms with Gasteiger partial charge in [0.25, 0.3) is 0 Å². The van der Waals surface area contributed by atoms with E-state index in [4.69, 9.17) is 0 Å². The first kappa shape index (κ1) is 16.0. The average Bonchev–Trinajstić information content (AvgIpc) is 2.84. The molecule has 3 nitrogen and oxygen atoms in total. The lowest BCUT2D eigenvalue weighted by Crippen LogP contribution is -2.14. The monoisotopic (exact) mass is 288 g/mol. The van der Waals surface area contributed by atoms with E-state index in [2.05, 4.69) is 29.5 Å². The van der Waals surface area contributed by atoms with E-state index in [1.54, 1.807) is 0 Å². The highest BCUT2D eigenvalue weighted by atomic mass is 16.3. The average molecular weight is 288 g/mol. The van der Waals surface area contributed by atoms with Crippen LogP contribution in [0.5, 0.6) is 0 Å². The maximum Gasteiger partial charge on any atom is 0.112 e. The van der Waals surface area contributed by atoms with E-state index in [0.717, 1.165) is 30.7 Å². The first-order valence-electron chi connectivity index (χ1n) is 8.38. The fourth-order valence-electron chi connectivity index (χ4n) is 2.93. The molecule has 0 amide bonds. The zero-order valence-corrected chi connectivity index (χ0v) is 13.4. The molecule has 0 bridgehead atoms. The second kappa shape index (κ2) is 8.18. The van der Waals surface area contributed by atoms with Crippen molar-refractivity contribution in [3.8, 4) is 0 Å². The van der Waals surface area contributed by atoms with Gasteiger partial charge in [-0.3, -0.25) is 0 Å². The van der Waals surface area contributed by atoms with Crippen LogP contribution in [0.4, 0.5) is 0 Å². The maximum absolute atomic E-state index is 10.3. The van der Waals surface area contributed by atoms with E-state index in [1.165, 1.54) is 31.2 Å². The van der Waals surface area contributed by atoms with Gasteiger partial charge in [-0.25, -0.2) is 4.98 Å². The summed E-state index contributed by atoms with van der Waals surface area (Å²) in [4.78, 5) is 4.68. The number of hydrogen-bond donors (Lipinski definition) is 1. The van der Waals surface area contributed by atoms with Crippen molar-refractivity contribution in [3.05, 3.63) is 30.1 Å². The predicted octanol–water partition coefficient (Wildman–Crippen LogP) is 4.32. The lowest BCUT2D eigenvalue weighted by molar-refractivity contribution is 0.157. The summed E-state index contributed by atoms with van der Waals surface area (Å²) in [6, 6.07) is 8.21. The second-order valence-electron chi connectivity index (χ2n) is 5.82. The highest BCUT2D eigenvalue weighted by Gasteiger charge is 2.13. The van der Waals surface area contributed by atoms with Crippen LogP contribution in [-0.2, 0) is 13.0 Å². The van der Waals surface area contributed by atoms with Crippen LogP contribution in [0, 0.1) is 0 Å². The maximum atomic E-state index is 10.3. The predicted molar refractivity (Wildman–Crippen MR) is 88.5 cm³/mol. The summed E-state index contributed by atoms with van der Waals surface area (Å²) >= 11 is 0. The lowest BCUT2D eigenvalue weighted by atomic mass is 10.1. The SMILES string of the molecule is CCCCCCCC(O)Cc1nc2ccccc2n1CC. The normalized spacial score (nSPS) is 12.9. The molecule has 2 rings (SSSR count). The number of aromatic nitrogens is 2. The molecule has 0 aliphatic rings. The van der Waals surface area contributed by atoms with Crippen LogP contribution >= 0.6 is 0 Å². The van der Waals surface area contributed by atoms with Crippen LogP contribution in [0.2, 0.25) is 0 Å². The summed E-state index contributed by atoms with van der Waals surface area (Å²) in [5.41, 5.74) is 2.20. The molecule has 2 aromatic rings. The summed E-state index contributed by atoms with van der Waals surface area (Å²) in [6.07, 6.45) is 7.49. The van der Waals surface area contributed by atoms with Crippen molar-refractivity contribution in [2.75, 3.05) is 0 Å². The molecule has 1 aromatic heterocycles. The molecule has 116 valence electrons. The number of nitrogens with zero attached hydrogens (tertiary/aromatic N) is 2. The van der Waals surface area contributed by atoms with Crippen LogP contribution in [0.15, 0.2) is 24.3 Å². The number of rotatable bonds is 9. The summed E-state index contributed by atoms with van der Waals surface area (Å²) in [5.74, 6) is 1.01. The van der Waals surface area contributed by atoms with Gasteiger partial charge in [0.15, 0.2) is 0 Å². The van der Waals surface area contributed by atoms with Crippen LogP contribution in [0.1, 0.15) is 58.2 Å². The minimum absolute atomic E-state index is 0.270. The third-order valence-electron chi connectivity index (χ3n) is 4.11. The van der Waals surface area contributed by atoms with E-state index in [0.29, 0.717) is 6.42 Å². The van der Waals surface area contributed by atoms with Gasteiger partial charge in [-0.05, 0) is 25.5 Å². The number of aryl methyl sites for hydroxylation is 1. The number of fused-ring (bicyclic) bond motifs is 1. The van der Waals surface area contributed by atoms with Crippen molar-refractivity contribution in [2.24, 2.45) is 0 Å². The van der Waals surface area contributed by atoms with Gasteiger partial charge in [-0.1, -0.05) is 51.2 Å². The van der Waals surface area contributed by atoms with Crippen molar-refractivity contribution in [1.29, 1.82) is 0 Å². The summed E-state index contributed by atoms with van der Waals surface area (Å²) in [5, 5.41) is 10.3. The summed E-state index contributed by atoms with van der Waals surface area (Å²) < 4.78 is 2.22. The van der Waals surface area contributed by atoms with Gasteiger partial charge >= 0.3 is 0 Å². The first-order chi connectivity index (χ1) is 10.3. The van der Waals surface area contributed by atoms with E-state index >= 15 is 0 Å². The fourth-order valence-corrected chi connectivity index (χ4v) is 2.93. The van der Waals surface area contributed by atoms with Gasteiger partial charge in [0.1, 0.15) is 5.82 Å². The largest absolute Gasteiger partial charge is 0.393 e. The van der Waals surface area contributed by atoms with E-state index < -0.39 is 0 Å². The van der Waals surface area contributed by atoms with Gasteiger partial charge in [-0.2, -0.15) is 0 Å². The second-order valence-corrected chi connectivity index (χ2v) is 5.82. The number of benzene rings is 1. The van der Waals surface area contributed by atoms with Crippen LogP contribution in [-0.4, -0.2) is 20.8 Å². The van der Waals surface area contributed by atoms with Gasteiger partial charge in [0.05, 0.1) is 17.1 Å². The molecule has 21 heavy (non-hydrogen) atoms. The summed E-state index contributed by atoms with van der Waals surface area (Å²) in [7, 11) is 0. The summed E-state index contributed by atoms with van der Waals surface area (Å²) in [6.45, 7) is 5.26. The minimum atomic E-state index is -0.270. The Hall–Kier alpha value is -1.35. The Morgan fingerprint density at radius 1 is 1.10 bits per heavy atom. The Bertz CT molecular complexity index is 547. The third-order valence-corrected chi connectivity index (χ3v) is 4.11. The molecule has 1 N–H and O–H groups in total. The molecule has 1 heterocycles. The number of hydrogen-bond acceptors (Lipinski definition) is 2. The Kier molecular flexibility index (Phi) is 6.24. The van der Waals surface area contributed by atoms with Crippen molar-refractivity contribution in [2.45, 2.75) is 71.4 Å². The van der Waals surface area contributed by atoms with E-state index in [9.17, 15) is 5.11 Å². The van der Waals surface area contributed by atoms with Gasteiger partial charge in [0.2, 0.25) is 0 Å². The number of para-hydroxylation sites is 2. The molecule has 0 fully saturated rings. The van der Waals surface area contributed by atoms with E-state index in [1.807, 2.05) is 18.2 Å². The van der Waals surface area contributed by atoms with Crippen LogP contribution in [0.3, 0.4) is 0 Å². The Morgan fingerprint density at radius 3 is 2.62 bits per heavy atom. The van der Waals surface area contributed by atoms with Crippen molar-refractivity contribution in [3.63, 3.8) is 0 Å². The molecule has 1 aromatic carbocycles. The molecular weight excluding hydrogens is 260 g/mol. The third kappa shape index (κ3) is 4.31. The molecule has 0 radical (unpaired) electrons. The molecule has 3 heteroatoms. The molecule has 1 unspecified atom stereocenters. The number of aliphatic hydroxyl groups is 1. The molecular formula is C18H28N2O. The van der Waals surface area contributed by atoms with E-state index in [-0.39, 0.29) is 6.10 Å². The first-order valence-corrected chi connectivity index (χ1v) is 8.38. The zero-order valence-electron chi connectivity index (χ0n) is 13.4. The molecule has 0 saturated carbocycles.